The van der Waals surface area contributed by atoms with Crippen LogP contribution in [0.2, 0.25) is 0 Å². The lowest BCUT2D eigenvalue weighted by Crippen LogP contribution is -2.02. The van der Waals surface area contributed by atoms with E-state index < -0.39 is 19.7 Å². The molecular formula is C60H59BrO8S2. The highest BCUT2D eigenvalue weighted by Gasteiger charge is 2.21. The Bertz CT molecular complexity index is 3390. The first-order valence-corrected chi connectivity index (χ1v) is 27.1. The topological polar surface area (TPSA) is 105 Å². The van der Waals surface area contributed by atoms with Crippen molar-refractivity contribution in [2.45, 2.75) is 87.2 Å². The number of methoxy groups -OCH3 is 2. The third-order valence-corrected chi connectivity index (χ3v) is 17.1. The van der Waals surface area contributed by atoms with Crippen molar-refractivity contribution in [1.82, 2.24) is 0 Å². The van der Waals surface area contributed by atoms with E-state index in [4.69, 9.17) is 18.9 Å². The van der Waals surface area contributed by atoms with Gasteiger partial charge in [-0.3, -0.25) is 0 Å². The Kier molecular flexibility index (Phi) is 16.0. The van der Waals surface area contributed by atoms with E-state index in [-0.39, 0.29) is 19.6 Å². The van der Waals surface area contributed by atoms with Gasteiger partial charge in [-0.25, -0.2) is 16.8 Å². The number of aryl methyl sites for hydroxylation is 7. The SMILES string of the molecule is COc1ccc(S(=O)(=O)c2ccc(Oc3c(C)cc(-c4cc(C)c(C)c(C)c4)cc3C)cc2)cc1.COc1ccc(S(=O)(=O)c2ccc(Oc3c(C)cc(-c4cc(C)c(C)c(C)c4)cc3CBr)cc2)cc1. The van der Waals surface area contributed by atoms with E-state index in [1.54, 1.807) is 111 Å². The fourth-order valence-corrected chi connectivity index (χ4v) is 11.3. The van der Waals surface area contributed by atoms with Gasteiger partial charge in [0.05, 0.1) is 33.8 Å². The number of sulfone groups is 2. The molecule has 0 unspecified atom stereocenters. The molecule has 0 aliphatic heterocycles. The van der Waals surface area contributed by atoms with Gasteiger partial charge in [0.2, 0.25) is 19.7 Å². The smallest absolute Gasteiger partial charge is 0.206 e. The summed E-state index contributed by atoms with van der Waals surface area (Å²) < 4.78 is 74.6. The van der Waals surface area contributed by atoms with Gasteiger partial charge in [-0.1, -0.05) is 40.2 Å². The van der Waals surface area contributed by atoms with Crippen molar-refractivity contribution in [2.75, 3.05) is 14.2 Å². The first-order valence-electron chi connectivity index (χ1n) is 23.0. The summed E-state index contributed by atoms with van der Waals surface area (Å²) in [7, 11) is -4.18. The van der Waals surface area contributed by atoms with Gasteiger partial charge < -0.3 is 18.9 Å². The second kappa shape index (κ2) is 21.8. The van der Waals surface area contributed by atoms with Gasteiger partial charge in [0, 0.05) is 10.9 Å². The van der Waals surface area contributed by atoms with Crippen LogP contribution in [0.3, 0.4) is 0 Å². The molecule has 0 aliphatic rings. The summed E-state index contributed by atoms with van der Waals surface area (Å²) in [6.45, 7) is 18.9. The van der Waals surface area contributed by atoms with E-state index in [1.165, 1.54) is 44.5 Å². The lowest BCUT2D eigenvalue weighted by atomic mass is 9.94. The monoisotopic (exact) mass is 1050 g/mol. The Morgan fingerprint density at radius 3 is 0.901 bits per heavy atom. The second-order valence-corrected chi connectivity index (χ2v) is 22.3. The quantitative estimate of drug-likeness (QED) is 0.105. The summed E-state index contributed by atoms with van der Waals surface area (Å²) in [5.41, 5.74) is 16.5. The maximum absolute atomic E-state index is 13.0. The molecule has 0 aromatic heterocycles. The molecule has 8 nitrogen and oxygen atoms in total. The maximum Gasteiger partial charge on any atom is 0.206 e. The van der Waals surface area contributed by atoms with Gasteiger partial charge in [0.15, 0.2) is 0 Å². The van der Waals surface area contributed by atoms with E-state index in [1.807, 2.05) is 20.8 Å². The van der Waals surface area contributed by atoms with Gasteiger partial charge in [-0.05, 0) is 256 Å². The molecule has 366 valence electrons. The Morgan fingerprint density at radius 2 is 0.606 bits per heavy atom. The molecule has 8 aromatic rings. The minimum absolute atomic E-state index is 0.206. The Morgan fingerprint density at radius 1 is 0.352 bits per heavy atom. The minimum atomic E-state index is -3.64. The van der Waals surface area contributed by atoms with Crippen LogP contribution in [-0.2, 0) is 25.0 Å². The fraction of sp³-hybridized carbons (Fsp3) is 0.200. The Balaban J connectivity index is 0.000000209. The molecule has 0 saturated heterocycles. The average molecular weight is 1050 g/mol. The van der Waals surface area contributed by atoms with E-state index in [0.29, 0.717) is 28.3 Å². The lowest BCUT2D eigenvalue weighted by molar-refractivity contribution is 0.414. The predicted octanol–water partition coefficient (Wildman–Crippen LogP) is 15.6. The van der Waals surface area contributed by atoms with Crippen molar-refractivity contribution in [3.8, 4) is 56.8 Å². The van der Waals surface area contributed by atoms with Crippen molar-refractivity contribution in [2.24, 2.45) is 0 Å². The number of benzene rings is 8. The van der Waals surface area contributed by atoms with Crippen LogP contribution in [0.4, 0.5) is 0 Å². The highest BCUT2D eigenvalue weighted by atomic mass is 79.9. The zero-order valence-electron chi connectivity index (χ0n) is 42.0. The van der Waals surface area contributed by atoms with Crippen molar-refractivity contribution in [3.05, 3.63) is 201 Å². The summed E-state index contributed by atoms with van der Waals surface area (Å²) >= 11 is 3.61. The van der Waals surface area contributed by atoms with Crippen LogP contribution >= 0.6 is 15.9 Å². The molecule has 0 saturated carbocycles. The zero-order valence-corrected chi connectivity index (χ0v) is 45.2. The normalized spacial score (nSPS) is 11.4. The minimum Gasteiger partial charge on any atom is -0.497 e. The molecule has 0 amide bonds. The largest absolute Gasteiger partial charge is 0.497 e. The van der Waals surface area contributed by atoms with E-state index in [2.05, 4.69) is 106 Å². The standard InChI is InChI=1S/C30H29BrO4S.C30H30O4S/c1-19-14-23(15-20(2)22(19)4)24-16-21(3)30(25(17-24)18-31)35-27-8-12-29(13-9-27)36(32,33)28-10-6-26(34-5)7-11-28;1-19-15-24(16-20(2)23(19)5)25-17-21(3)30(22(4)18-25)34-27-9-13-29(14-10-27)35(31,32)28-11-7-26(33-6)8-12-28/h6-17H,18H2,1-5H3;7-18H,1-6H3. The number of halogens is 1. The highest BCUT2D eigenvalue weighted by Crippen LogP contribution is 2.38. The number of hydrogen-bond acceptors (Lipinski definition) is 8. The van der Waals surface area contributed by atoms with E-state index in [9.17, 15) is 16.8 Å². The lowest BCUT2D eigenvalue weighted by Gasteiger charge is -2.16. The molecule has 8 aromatic carbocycles. The van der Waals surface area contributed by atoms with Crippen molar-refractivity contribution in [3.63, 3.8) is 0 Å². The van der Waals surface area contributed by atoms with Crippen LogP contribution in [0.5, 0.6) is 34.5 Å². The molecule has 0 bridgehead atoms. The van der Waals surface area contributed by atoms with Crippen molar-refractivity contribution < 1.29 is 35.8 Å². The van der Waals surface area contributed by atoms with Crippen LogP contribution in [0.1, 0.15) is 55.6 Å². The molecule has 0 N–H and O–H groups in total. The number of rotatable bonds is 13. The number of hydrogen-bond donors (Lipinski definition) is 0. The summed E-state index contributed by atoms with van der Waals surface area (Å²) in [4.78, 5) is 0.851. The molecule has 11 heteroatoms. The molecule has 71 heavy (non-hydrogen) atoms. The summed E-state index contributed by atoms with van der Waals surface area (Å²) in [6.07, 6.45) is 0. The van der Waals surface area contributed by atoms with Crippen molar-refractivity contribution in [1.29, 1.82) is 0 Å². The summed E-state index contributed by atoms with van der Waals surface area (Å²) in [6, 6.07) is 43.2. The van der Waals surface area contributed by atoms with Gasteiger partial charge in [-0.15, -0.1) is 0 Å². The number of alkyl halides is 1. The van der Waals surface area contributed by atoms with Crippen LogP contribution in [0.25, 0.3) is 22.3 Å². The van der Waals surface area contributed by atoms with Gasteiger partial charge in [-0.2, -0.15) is 0 Å². The predicted molar refractivity (Wildman–Crippen MR) is 289 cm³/mol. The first kappa shape index (κ1) is 52.2. The maximum atomic E-state index is 13.0. The van der Waals surface area contributed by atoms with Crippen LogP contribution in [0, 0.1) is 62.3 Å². The summed E-state index contributed by atoms with van der Waals surface area (Å²) in [5.74, 6) is 3.91. The van der Waals surface area contributed by atoms with Gasteiger partial charge in [0.1, 0.15) is 34.5 Å². The van der Waals surface area contributed by atoms with E-state index >= 15 is 0 Å². The van der Waals surface area contributed by atoms with Crippen molar-refractivity contribution >= 4 is 35.6 Å². The van der Waals surface area contributed by atoms with E-state index in [0.717, 1.165) is 44.9 Å². The summed E-state index contributed by atoms with van der Waals surface area (Å²) in [5, 5.41) is 0.630. The fourth-order valence-electron chi connectivity index (χ4n) is 8.33. The van der Waals surface area contributed by atoms with Crippen LogP contribution in [-0.4, -0.2) is 31.1 Å². The third-order valence-electron chi connectivity index (χ3n) is 12.9. The molecular weight excluding hydrogens is 993 g/mol. The Labute approximate surface area is 428 Å². The molecule has 0 radical (unpaired) electrons. The van der Waals surface area contributed by atoms with Gasteiger partial charge in [0.25, 0.3) is 0 Å². The molecule has 8 rings (SSSR count). The molecule has 0 fully saturated rings. The first-order chi connectivity index (χ1) is 33.7. The highest BCUT2D eigenvalue weighted by molar-refractivity contribution is 9.08. The zero-order chi connectivity index (χ0) is 51.4. The molecule has 0 heterocycles. The molecule has 0 aliphatic carbocycles. The van der Waals surface area contributed by atoms with Crippen LogP contribution in [0.15, 0.2) is 165 Å². The Hall–Kier alpha value is -6.66. The number of ether oxygens (including phenoxy) is 4. The molecule has 0 atom stereocenters. The van der Waals surface area contributed by atoms with Crippen LogP contribution < -0.4 is 18.9 Å². The molecule has 0 spiro atoms. The average Bonchev–Trinajstić information content (AvgIpc) is 3.36. The second-order valence-electron chi connectivity index (χ2n) is 17.8. The van der Waals surface area contributed by atoms with Gasteiger partial charge >= 0.3 is 0 Å². The third kappa shape index (κ3) is 11.6.